The summed E-state index contributed by atoms with van der Waals surface area (Å²) in [5.41, 5.74) is 2.25. The van der Waals surface area contributed by atoms with Crippen LogP contribution >= 0.6 is 0 Å². The average molecular weight is 432 g/mol. The van der Waals surface area contributed by atoms with Crippen LogP contribution in [0.15, 0.2) is 77.4 Å². The van der Waals surface area contributed by atoms with Crippen LogP contribution in [0, 0.1) is 22.9 Å². The van der Waals surface area contributed by atoms with Gasteiger partial charge in [0.25, 0.3) is 5.69 Å². The van der Waals surface area contributed by atoms with Gasteiger partial charge in [-0.05, 0) is 54.5 Å². The third-order valence-electron chi connectivity index (χ3n) is 4.75. The van der Waals surface area contributed by atoms with E-state index < -0.39 is 10.9 Å². The lowest BCUT2D eigenvalue weighted by Crippen LogP contribution is -2.06. The van der Waals surface area contributed by atoms with E-state index in [-0.39, 0.29) is 29.7 Å². The van der Waals surface area contributed by atoms with E-state index in [9.17, 15) is 19.3 Å². The molecule has 0 N–H and O–H groups in total. The van der Waals surface area contributed by atoms with Gasteiger partial charge in [0, 0.05) is 17.2 Å². The van der Waals surface area contributed by atoms with Crippen molar-refractivity contribution in [3.63, 3.8) is 0 Å². The molecule has 0 spiro atoms. The second-order valence-electron chi connectivity index (χ2n) is 7.08. The highest BCUT2D eigenvalue weighted by atomic mass is 19.1. The van der Waals surface area contributed by atoms with Gasteiger partial charge in [-0.25, -0.2) is 14.2 Å². The Hall–Kier alpha value is -4.33. The third kappa shape index (κ3) is 4.70. The quantitative estimate of drug-likeness (QED) is 0.237. The summed E-state index contributed by atoms with van der Waals surface area (Å²) in [4.78, 5) is 27.0. The number of ether oxygens (including phenoxy) is 2. The Morgan fingerprint density at radius 1 is 1.12 bits per heavy atom. The molecule has 160 valence electrons. The molecular weight excluding hydrogens is 415 g/mol. The van der Waals surface area contributed by atoms with Crippen molar-refractivity contribution >= 4 is 23.6 Å². The summed E-state index contributed by atoms with van der Waals surface area (Å²) in [5.74, 6) is -0.368. The predicted molar refractivity (Wildman–Crippen MR) is 116 cm³/mol. The van der Waals surface area contributed by atoms with Crippen LogP contribution in [0.4, 0.5) is 10.1 Å². The second-order valence-corrected chi connectivity index (χ2v) is 7.08. The van der Waals surface area contributed by atoms with E-state index in [1.54, 1.807) is 61.5 Å². The normalized spacial score (nSPS) is 14.2. The molecule has 0 aliphatic carbocycles. The molecule has 1 aliphatic heterocycles. The highest BCUT2D eigenvalue weighted by Crippen LogP contribution is 2.24. The molecule has 0 aromatic heterocycles. The molecule has 0 radical (unpaired) electrons. The van der Waals surface area contributed by atoms with Gasteiger partial charge in [-0.15, -0.1) is 0 Å². The molecule has 0 unspecified atom stereocenters. The molecule has 0 fully saturated rings. The molecule has 0 bridgehead atoms. The van der Waals surface area contributed by atoms with Gasteiger partial charge < -0.3 is 9.47 Å². The summed E-state index contributed by atoms with van der Waals surface area (Å²) in [5, 5.41) is 11.1. The minimum absolute atomic E-state index is 0.0133. The topological polar surface area (TPSA) is 91.0 Å². The summed E-state index contributed by atoms with van der Waals surface area (Å²) in [6.07, 6.45) is 1.55. The minimum atomic E-state index is -0.644. The van der Waals surface area contributed by atoms with E-state index >= 15 is 0 Å². The van der Waals surface area contributed by atoms with Crippen molar-refractivity contribution in [1.82, 2.24) is 0 Å². The van der Waals surface area contributed by atoms with Crippen LogP contribution in [-0.2, 0) is 16.1 Å². The number of aliphatic imine (C=N–C) groups is 1. The lowest BCUT2D eigenvalue weighted by molar-refractivity contribution is -0.385. The van der Waals surface area contributed by atoms with Crippen LogP contribution in [-0.4, -0.2) is 16.8 Å². The van der Waals surface area contributed by atoms with Crippen molar-refractivity contribution in [2.24, 2.45) is 4.99 Å². The third-order valence-corrected chi connectivity index (χ3v) is 4.75. The molecule has 0 atom stereocenters. The Bertz CT molecular complexity index is 1270. The maximum atomic E-state index is 13.2. The Kier molecular flexibility index (Phi) is 5.76. The summed E-state index contributed by atoms with van der Waals surface area (Å²) in [6.45, 7) is 1.85. The van der Waals surface area contributed by atoms with Crippen LogP contribution in [0.5, 0.6) is 5.75 Å². The van der Waals surface area contributed by atoms with Crippen LogP contribution in [0.2, 0.25) is 0 Å². The molecule has 1 aliphatic rings. The largest absolute Gasteiger partial charge is 0.489 e. The van der Waals surface area contributed by atoms with Gasteiger partial charge in [0.15, 0.2) is 5.70 Å². The van der Waals surface area contributed by atoms with Crippen molar-refractivity contribution < 1.29 is 23.6 Å². The fourth-order valence-corrected chi connectivity index (χ4v) is 3.08. The Labute approximate surface area is 182 Å². The first-order chi connectivity index (χ1) is 15.4. The van der Waals surface area contributed by atoms with Crippen molar-refractivity contribution in [3.05, 3.63) is 111 Å². The zero-order chi connectivity index (χ0) is 22.7. The highest BCUT2D eigenvalue weighted by Gasteiger charge is 2.25. The molecule has 8 heteroatoms. The van der Waals surface area contributed by atoms with Crippen LogP contribution < -0.4 is 4.74 Å². The first-order valence-electron chi connectivity index (χ1n) is 9.64. The summed E-state index contributed by atoms with van der Waals surface area (Å²) in [7, 11) is 0. The molecule has 32 heavy (non-hydrogen) atoms. The van der Waals surface area contributed by atoms with E-state index in [0.717, 1.165) is 0 Å². The maximum absolute atomic E-state index is 13.2. The number of halogens is 1. The van der Waals surface area contributed by atoms with Crippen molar-refractivity contribution in [1.29, 1.82) is 0 Å². The molecule has 7 nitrogen and oxygen atoms in total. The number of hydrogen-bond donors (Lipinski definition) is 0. The number of aryl methyl sites for hydroxylation is 1. The first kappa shape index (κ1) is 20.9. The fraction of sp³-hybridized carbons (Fsp3) is 0.0833. The number of esters is 1. The monoisotopic (exact) mass is 432 g/mol. The predicted octanol–water partition coefficient (Wildman–Crippen LogP) is 4.97. The molecule has 3 aromatic carbocycles. The highest BCUT2D eigenvalue weighted by molar-refractivity contribution is 6.13. The van der Waals surface area contributed by atoms with Crippen molar-refractivity contribution in [2.45, 2.75) is 13.5 Å². The zero-order valence-corrected chi connectivity index (χ0v) is 16.9. The number of benzene rings is 3. The first-order valence-corrected chi connectivity index (χ1v) is 9.64. The number of carbonyl (C=O) groups excluding carboxylic acids is 1. The van der Waals surface area contributed by atoms with Gasteiger partial charge >= 0.3 is 5.97 Å². The molecule has 0 amide bonds. The number of nitro groups is 1. The summed E-state index contributed by atoms with van der Waals surface area (Å²) in [6, 6.07) is 17.6. The van der Waals surface area contributed by atoms with Crippen molar-refractivity contribution in [2.75, 3.05) is 0 Å². The Morgan fingerprint density at radius 2 is 1.91 bits per heavy atom. The number of cyclic esters (lactones) is 1. The van der Waals surface area contributed by atoms with E-state index in [0.29, 0.717) is 28.0 Å². The van der Waals surface area contributed by atoms with E-state index in [2.05, 4.69) is 4.99 Å². The Balaban J connectivity index is 1.48. The van der Waals surface area contributed by atoms with Gasteiger partial charge in [-0.3, -0.25) is 10.1 Å². The zero-order valence-electron chi connectivity index (χ0n) is 16.9. The van der Waals surface area contributed by atoms with Crippen LogP contribution in [0.1, 0.15) is 22.3 Å². The van der Waals surface area contributed by atoms with E-state index in [1.165, 1.54) is 18.2 Å². The minimum Gasteiger partial charge on any atom is -0.489 e. The SMILES string of the molecule is Cc1ccc(C2=NC(=Cc3ccc(OCc4cccc(F)c4)cc3)C(=O)O2)cc1[N+](=O)[O-]. The van der Waals surface area contributed by atoms with Crippen LogP contribution in [0.25, 0.3) is 6.08 Å². The fourth-order valence-electron chi connectivity index (χ4n) is 3.08. The molecule has 1 heterocycles. The molecule has 0 saturated carbocycles. The lowest BCUT2D eigenvalue weighted by atomic mass is 10.1. The number of hydrogen-bond acceptors (Lipinski definition) is 6. The smallest absolute Gasteiger partial charge is 0.363 e. The lowest BCUT2D eigenvalue weighted by Gasteiger charge is -2.06. The second kappa shape index (κ2) is 8.81. The molecule has 4 rings (SSSR count). The van der Waals surface area contributed by atoms with E-state index in [1.807, 2.05) is 0 Å². The molecule has 3 aromatic rings. The number of rotatable bonds is 6. The van der Waals surface area contributed by atoms with Gasteiger partial charge in [-0.2, -0.15) is 0 Å². The van der Waals surface area contributed by atoms with Gasteiger partial charge in [0.05, 0.1) is 4.92 Å². The van der Waals surface area contributed by atoms with Gasteiger partial charge in [-0.1, -0.05) is 30.3 Å². The number of nitrogens with zero attached hydrogens (tertiary/aromatic N) is 2. The van der Waals surface area contributed by atoms with Gasteiger partial charge in [0.2, 0.25) is 5.90 Å². The van der Waals surface area contributed by atoms with Crippen LogP contribution in [0.3, 0.4) is 0 Å². The Morgan fingerprint density at radius 3 is 2.62 bits per heavy atom. The average Bonchev–Trinajstić information content (AvgIpc) is 3.13. The maximum Gasteiger partial charge on any atom is 0.363 e. The van der Waals surface area contributed by atoms with Gasteiger partial charge in [0.1, 0.15) is 18.2 Å². The summed E-state index contributed by atoms with van der Waals surface area (Å²) < 4.78 is 24.1. The molecular formula is C24H17FN2O5. The number of nitro benzene ring substituents is 1. The van der Waals surface area contributed by atoms with Crippen molar-refractivity contribution in [3.8, 4) is 5.75 Å². The standard InChI is InChI=1S/C24H17FN2O5/c1-15-5-8-18(13-22(15)27(29)30)23-26-21(24(28)32-23)12-16-6-9-20(10-7-16)31-14-17-3-2-4-19(25)11-17/h2-13H,14H2,1H3. The van der Waals surface area contributed by atoms with E-state index in [4.69, 9.17) is 9.47 Å². The number of carbonyl (C=O) groups is 1. The molecule has 0 saturated heterocycles. The summed E-state index contributed by atoms with van der Waals surface area (Å²) >= 11 is 0.